The molecule has 1 unspecified atom stereocenters. The lowest BCUT2D eigenvalue weighted by Gasteiger charge is -2.40. The SMILES string of the molecule is CCN1CCN(c2ccc(C#N)cc2F)CC1C. The smallest absolute Gasteiger partial charge is 0.147 e. The van der Waals surface area contributed by atoms with E-state index in [0.29, 0.717) is 17.3 Å². The minimum Gasteiger partial charge on any atom is -0.366 e. The van der Waals surface area contributed by atoms with Gasteiger partial charge in [-0.25, -0.2) is 4.39 Å². The Morgan fingerprint density at radius 1 is 1.44 bits per heavy atom. The number of benzene rings is 1. The van der Waals surface area contributed by atoms with Crippen LogP contribution >= 0.6 is 0 Å². The molecule has 0 radical (unpaired) electrons. The molecule has 18 heavy (non-hydrogen) atoms. The van der Waals surface area contributed by atoms with Gasteiger partial charge >= 0.3 is 0 Å². The highest BCUT2D eigenvalue weighted by molar-refractivity contribution is 5.51. The molecule has 1 aliphatic heterocycles. The molecular weight excluding hydrogens is 229 g/mol. The minimum absolute atomic E-state index is 0.300. The number of rotatable bonds is 2. The first-order chi connectivity index (χ1) is 8.65. The van der Waals surface area contributed by atoms with Crippen molar-refractivity contribution in [3.63, 3.8) is 0 Å². The second kappa shape index (κ2) is 5.36. The number of nitriles is 1. The van der Waals surface area contributed by atoms with Crippen LogP contribution in [0.1, 0.15) is 19.4 Å². The summed E-state index contributed by atoms with van der Waals surface area (Å²) >= 11 is 0. The van der Waals surface area contributed by atoms with E-state index in [0.717, 1.165) is 26.2 Å². The summed E-state index contributed by atoms with van der Waals surface area (Å²) in [7, 11) is 0. The van der Waals surface area contributed by atoms with E-state index in [4.69, 9.17) is 5.26 Å². The zero-order valence-electron chi connectivity index (χ0n) is 10.9. The molecule has 0 spiro atoms. The Morgan fingerprint density at radius 2 is 2.22 bits per heavy atom. The summed E-state index contributed by atoms with van der Waals surface area (Å²) in [6, 6.07) is 7.08. The van der Waals surface area contributed by atoms with Crippen molar-refractivity contribution >= 4 is 5.69 Å². The van der Waals surface area contributed by atoms with Gasteiger partial charge < -0.3 is 4.90 Å². The fourth-order valence-electron chi connectivity index (χ4n) is 2.52. The van der Waals surface area contributed by atoms with Crippen LogP contribution in [-0.4, -0.2) is 37.1 Å². The molecule has 4 heteroatoms. The summed E-state index contributed by atoms with van der Waals surface area (Å²) in [5.41, 5.74) is 0.980. The molecule has 1 aromatic rings. The van der Waals surface area contributed by atoms with Crippen molar-refractivity contribution in [3.8, 4) is 6.07 Å². The second-order valence-corrected chi connectivity index (χ2v) is 4.70. The van der Waals surface area contributed by atoms with E-state index < -0.39 is 0 Å². The standard InChI is InChI=1S/C14H18FN3/c1-3-17-6-7-18(10-11(17)2)14-5-4-12(9-16)8-13(14)15/h4-5,8,11H,3,6-7,10H2,1-2H3. The number of halogens is 1. The van der Waals surface area contributed by atoms with E-state index in [2.05, 4.69) is 23.6 Å². The third-order valence-corrected chi connectivity index (χ3v) is 3.59. The van der Waals surface area contributed by atoms with Gasteiger partial charge in [0.05, 0.1) is 17.3 Å². The maximum Gasteiger partial charge on any atom is 0.147 e. The molecular formula is C14H18FN3. The predicted molar refractivity (Wildman–Crippen MR) is 70.0 cm³/mol. The number of piperazine rings is 1. The Balaban J connectivity index is 2.16. The van der Waals surface area contributed by atoms with Gasteiger partial charge in [-0.2, -0.15) is 5.26 Å². The zero-order valence-corrected chi connectivity index (χ0v) is 10.9. The molecule has 0 aliphatic carbocycles. The fraction of sp³-hybridized carbons (Fsp3) is 0.500. The molecule has 0 N–H and O–H groups in total. The lowest BCUT2D eigenvalue weighted by Crippen LogP contribution is -2.51. The Morgan fingerprint density at radius 3 is 2.78 bits per heavy atom. The third-order valence-electron chi connectivity index (χ3n) is 3.59. The van der Waals surface area contributed by atoms with E-state index in [1.165, 1.54) is 6.07 Å². The topological polar surface area (TPSA) is 30.3 Å². The molecule has 1 fully saturated rings. The second-order valence-electron chi connectivity index (χ2n) is 4.70. The van der Waals surface area contributed by atoms with Crippen LogP contribution in [0.5, 0.6) is 0 Å². The predicted octanol–water partition coefficient (Wildman–Crippen LogP) is 2.23. The quantitative estimate of drug-likeness (QED) is 0.803. The average Bonchev–Trinajstić information content (AvgIpc) is 2.38. The van der Waals surface area contributed by atoms with Gasteiger partial charge in [0.25, 0.3) is 0 Å². The molecule has 1 atom stereocenters. The summed E-state index contributed by atoms with van der Waals surface area (Å²) in [6.45, 7) is 7.96. The first-order valence-electron chi connectivity index (χ1n) is 6.34. The third kappa shape index (κ3) is 2.46. The number of nitrogens with zero attached hydrogens (tertiary/aromatic N) is 3. The van der Waals surface area contributed by atoms with Gasteiger partial charge in [0.2, 0.25) is 0 Å². The van der Waals surface area contributed by atoms with Gasteiger partial charge in [-0.1, -0.05) is 6.92 Å². The molecule has 0 amide bonds. The number of likely N-dealkylation sites (N-methyl/N-ethyl adjacent to an activating group) is 1. The van der Waals surface area contributed by atoms with Crippen LogP contribution in [0, 0.1) is 17.1 Å². The van der Waals surface area contributed by atoms with E-state index in [1.807, 2.05) is 6.07 Å². The van der Waals surface area contributed by atoms with E-state index in [1.54, 1.807) is 12.1 Å². The van der Waals surface area contributed by atoms with Gasteiger partial charge in [0, 0.05) is 25.7 Å². The molecule has 2 rings (SSSR count). The molecule has 0 aromatic heterocycles. The molecule has 1 aromatic carbocycles. The number of hydrogen-bond acceptors (Lipinski definition) is 3. The zero-order chi connectivity index (χ0) is 13.1. The Bertz CT molecular complexity index is 467. The highest BCUT2D eigenvalue weighted by Gasteiger charge is 2.24. The first kappa shape index (κ1) is 12.8. The Labute approximate surface area is 107 Å². The Hall–Kier alpha value is -1.60. The Kier molecular flexibility index (Phi) is 3.83. The molecule has 3 nitrogen and oxygen atoms in total. The number of hydrogen-bond donors (Lipinski definition) is 0. The normalized spacial score (nSPS) is 20.8. The maximum absolute atomic E-state index is 13.9. The maximum atomic E-state index is 13.9. The van der Waals surface area contributed by atoms with Crippen molar-refractivity contribution in [2.24, 2.45) is 0 Å². The summed E-state index contributed by atoms with van der Waals surface area (Å²) in [5.74, 6) is -0.300. The van der Waals surface area contributed by atoms with Crippen LogP contribution in [0.2, 0.25) is 0 Å². The highest BCUT2D eigenvalue weighted by atomic mass is 19.1. The van der Waals surface area contributed by atoms with Crippen molar-refractivity contribution < 1.29 is 4.39 Å². The average molecular weight is 247 g/mol. The van der Waals surface area contributed by atoms with Crippen molar-refractivity contribution in [1.82, 2.24) is 4.90 Å². The highest BCUT2D eigenvalue weighted by Crippen LogP contribution is 2.23. The molecule has 1 aliphatic rings. The summed E-state index contributed by atoms with van der Waals surface area (Å²) in [4.78, 5) is 4.45. The van der Waals surface area contributed by atoms with Crippen LogP contribution in [-0.2, 0) is 0 Å². The fourth-order valence-corrected chi connectivity index (χ4v) is 2.52. The molecule has 0 bridgehead atoms. The van der Waals surface area contributed by atoms with Crippen LogP contribution in [0.15, 0.2) is 18.2 Å². The minimum atomic E-state index is -0.300. The monoisotopic (exact) mass is 247 g/mol. The molecule has 0 saturated carbocycles. The van der Waals surface area contributed by atoms with Crippen molar-refractivity contribution in [2.75, 3.05) is 31.1 Å². The van der Waals surface area contributed by atoms with Crippen LogP contribution < -0.4 is 4.90 Å². The van der Waals surface area contributed by atoms with Crippen LogP contribution in [0.25, 0.3) is 0 Å². The van der Waals surface area contributed by atoms with Gasteiger partial charge in [-0.05, 0) is 31.7 Å². The van der Waals surface area contributed by atoms with Crippen LogP contribution in [0.3, 0.4) is 0 Å². The summed E-state index contributed by atoms with van der Waals surface area (Å²) in [5, 5.41) is 8.74. The molecule has 1 heterocycles. The molecule has 1 saturated heterocycles. The summed E-state index contributed by atoms with van der Waals surface area (Å²) < 4.78 is 13.9. The van der Waals surface area contributed by atoms with Gasteiger partial charge in [0.1, 0.15) is 5.82 Å². The van der Waals surface area contributed by atoms with Gasteiger partial charge in [-0.15, -0.1) is 0 Å². The largest absolute Gasteiger partial charge is 0.366 e. The van der Waals surface area contributed by atoms with E-state index >= 15 is 0 Å². The van der Waals surface area contributed by atoms with Crippen molar-refractivity contribution in [3.05, 3.63) is 29.6 Å². The summed E-state index contributed by atoms with van der Waals surface area (Å²) in [6.07, 6.45) is 0. The lowest BCUT2D eigenvalue weighted by atomic mass is 10.1. The lowest BCUT2D eigenvalue weighted by molar-refractivity contribution is 0.199. The molecule has 96 valence electrons. The van der Waals surface area contributed by atoms with Crippen LogP contribution in [0.4, 0.5) is 10.1 Å². The number of anilines is 1. The van der Waals surface area contributed by atoms with Crippen molar-refractivity contribution in [1.29, 1.82) is 5.26 Å². The van der Waals surface area contributed by atoms with E-state index in [9.17, 15) is 4.39 Å². The van der Waals surface area contributed by atoms with Gasteiger partial charge in [0.15, 0.2) is 0 Å². The van der Waals surface area contributed by atoms with Crippen molar-refractivity contribution in [2.45, 2.75) is 19.9 Å². The first-order valence-corrected chi connectivity index (χ1v) is 6.34. The van der Waals surface area contributed by atoms with E-state index in [-0.39, 0.29) is 5.82 Å². The van der Waals surface area contributed by atoms with Gasteiger partial charge in [-0.3, -0.25) is 4.90 Å².